The topological polar surface area (TPSA) is 24.5 Å². The molecule has 3 heteroatoms. The number of hydrogen-bond acceptors (Lipinski definition) is 3. The van der Waals surface area contributed by atoms with Gasteiger partial charge in [-0.15, -0.1) is 0 Å². The maximum absolute atomic E-state index is 5.34. The molecule has 1 rings (SSSR count). The summed E-state index contributed by atoms with van der Waals surface area (Å²) in [6.07, 6.45) is 5.15. The Kier molecular flexibility index (Phi) is 8.74. The largest absolute Gasteiger partial charge is 0.382 e. The van der Waals surface area contributed by atoms with E-state index in [1.807, 2.05) is 0 Å². The SMILES string of the molecule is CCOCCCCNCCN1CCC(C(C)(C)C)CC1. The van der Waals surface area contributed by atoms with E-state index in [0.29, 0.717) is 5.41 Å². The molecule has 0 spiro atoms. The van der Waals surface area contributed by atoms with E-state index >= 15 is 0 Å². The summed E-state index contributed by atoms with van der Waals surface area (Å²) in [5, 5.41) is 3.55. The number of nitrogens with zero attached hydrogens (tertiary/aromatic N) is 1. The standard InChI is InChI=1S/C17H36N2O/c1-5-20-15-7-6-10-18-11-14-19-12-8-16(9-13-19)17(2,3)4/h16,18H,5-15H2,1-4H3. The number of ether oxygens (including phenoxy) is 1. The molecule has 1 fully saturated rings. The Morgan fingerprint density at radius 3 is 2.40 bits per heavy atom. The molecule has 0 aromatic heterocycles. The van der Waals surface area contributed by atoms with E-state index in [0.717, 1.165) is 32.2 Å². The first-order valence-electron chi connectivity index (χ1n) is 8.55. The molecule has 0 bridgehead atoms. The van der Waals surface area contributed by atoms with E-state index in [2.05, 4.69) is 37.9 Å². The molecular formula is C17H36N2O. The molecule has 120 valence electrons. The van der Waals surface area contributed by atoms with Gasteiger partial charge in [0.05, 0.1) is 0 Å². The summed E-state index contributed by atoms with van der Waals surface area (Å²) in [5.74, 6) is 0.908. The first kappa shape index (κ1) is 17.9. The Labute approximate surface area is 126 Å². The molecule has 0 amide bonds. The molecule has 0 aliphatic carbocycles. The van der Waals surface area contributed by atoms with Crippen molar-refractivity contribution in [3.63, 3.8) is 0 Å². The monoisotopic (exact) mass is 284 g/mol. The Hall–Kier alpha value is -0.120. The number of rotatable bonds is 9. The second kappa shape index (κ2) is 9.75. The Balaban J connectivity index is 1.94. The zero-order chi connectivity index (χ0) is 14.8. The lowest BCUT2D eigenvalue weighted by Gasteiger charge is -2.38. The van der Waals surface area contributed by atoms with Gasteiger partial charge in [0.2, 0.25) is 0 Å². The summed E-state index contributed by atoms with van der Waals surface area (Å²) < 4.78 is 5.34. The van der Waals surface area contributed by atoms with Crippen LogP contribution in [0.2, 0.25) is 0 Å². The quantitative estimate of drug-likeness (QED) is 0.658. The second-order valence-electron chi connectivity index (χ2n) is 7.14. The van der Waals surface area contributed by atoms with Crippen LogP contribution in [0.5, 0.6) is 0 Å². The zero-order valence-electron chi connectivity index (χ0n) is 14.2. The van der Waals surface area contributed by atoms with Crippen molar-refractivity contribution in [3.05, 3.63) is 0 Å². The Morgan fingerprint density at radius 1 is 1.10 bits per heavy atom. The van der Waals surface area contributed by atoms with Gasteiger partial charge in [-0.3, -0.25) is 0 Å². The zero-order valence-corrected chi connectivity index (χ0v) is 14.2. The summed E-state index contributed by atoms with van der Waals surface area (Å²) in [7, 11) is 0. The fourth-order valence-electron chi connectivity index (χ4n) is 2.98. The second-order valence-corrected chi connectivity index (χ2v) is 7.14. The third kappa shape index (κ3) is 7.61. The molecule has 0 atom stereocenters. The van der Waals surface area contributed by atoms with E-state index in [1.165, 1.54) is 45.3 Å². The molecule has 3 nitrogen and oxygen atoms in total. The fourth-order valence-corrected chi connectivity index (χ4v) is 2.98. The highest BCUT2D eigenvalue weighted by molar-refractivity contribution is 4.80. The molecule has 0 aromatic carbocycles. The normalized spacial score (nSPS) is 18.6. The van der Waals surface area contributed by atoms with Crippen LogP contribution in [0, 0.1) is 11.3 Å². The lowest BCUT2D eigenvalue weighted by atomic mass is 9.75. The van der Waals surface area contributed by atoms with Gasteiger partial charge in [-0.25, -0.2) is 0 Å². The minimum Gasteiger partial charge on any atom is -0.382 e. The van der Waals surface area contributed by atoms with Gasteiger partial charge in [-0.1, -0.05) is 20.8 Å². The molecule has 0 unspecified atom stereocenters. The highest BCUT2D eigenvalue weighted by Gasteiger charge is 2.28. The molecule has 0 aromatic rings. The van der Waals surface area contributed by atoms with Gasteiger partial charge < -0.3 is 15.0 Å². The van der Waals surface area contributed by atoms with E-state index in [-0.39, 0.29) is 0 Å². The smallest absolute Gasteiger partial charge is 0.0466 e. The number of likely N-dealkylation sites (tertiary alicyclic amines) is 1. The van der Waals surface area contributed by atoms with Crippen LogP contribution in [0.15, 0.2) is 0 Å². The van der Waals surface area contributed by atoms with Crippen molar-refractivity contribution in [2.24, 2.45) is 11.3 Å². The summed E-state index contributed by atoms with van der Waals surface area (Å²) in [4.78, 5) is 2.62. The van der Waals surface area contributed by atoms with Crippen LogP contribution in [-0.4, -0.2) is 50.8 Å². The molecule has 20 heavy (non-hydrogen) atoms. The van der Waals surface area contributed by atoms with Crippen LogP contribution in [0.3, 0.4) is 0 Å². The van der Waals surface area contributed by atoms with Gasteiger partial charge in [-0.2, -0.15) is 0 Å². The first-order chi connectivity index (χ1) is 9.54. The van der Waals surface area contributed by atoms with Gasteiger partial charge in [0.1, 0.15) is 0 Å². The van der Waals surface area contributed by atoms with Gasteiger partial charge in [0.25, 0.3) is 0 Å². The van der Waals surface area contributed by atoms with E-state index in [4.69, 9.17) is 4.74 Å². The molecule has 0 radical (unpaired) electrons. The lowest BCUT2D eigenvalue weighted by Crippen LogP contribution is -2.41. The van der Waals surface area contributed by atoms with Gasteiger partial charge in [0.15, 0.2) is 0 Å². The molecule has 0 saturated carbocycles. The molecule has 1 saturated heterocycles. The molecule has 1 N–H and O–H groups in total. The molecule has 1 heterocycles. The lowest BCUT2D eigenvalue weighted by molar-refractivity contribution is 0.113. The molecular weight excluding hydrogens is 248 g/mol. The van der Waals surface area contributed by atoms with Gasteiger partial charge in [0, 0.05) is 26.3 Å². The maximum atomic E-state index is 5.34. The average Bonchev–Trinajstić information content (AvgIpc) is 2.41. The number of piperidine rings is 1. The maximum Gasteiger partial charge on any atom is 0.0466 e. The molecule has 1 aliphatic rings. The Morgan fingerprint density at radius 2 is 1.80 bits per heavy atom. The van der Waals surface area contributed by atoms with Crippen molar-refractivity contribution in [1.82, 2.24) is 10.2 Å². The fraction of sp³-hybridized carbons (Fsp3) is 1.00. The van der Waals surface area contributed by atoms with Crippen molar-refractivity contribution >= 4 is 0 Å². The van der Waals surface area contributed by atoms with Crippen LogP contribution in [0.25, 0.3) is 0 Å². The van der Waals surface area contributed by atoms with Crippen LogP contribution >= 0.6 is 0 Å². The molecule has 1 aliphatic heterocycles. The summed E-state index contributed by atoms with van der Waals surface area (Å²) in [6, 6.07) is 0. The van der Waals surface area contributed by atoms with E-state index < -0.39 is 0 Å². The third-order valence-electron chi connectivity index (χ3n) is 4.51. The summed E-state index contributed by atoms with van der Waals surface area (Å²) >= 11 is 0. The highest BCUT2D eigenvalue weighted by atomic mass is 16.5. The predicted molar refractivity (Wildman–Crippen MR) is 87.2 cm³/mol. The number of hydrogen-bond donors (Lipinski definition) is 1. The van der Waals surface area contributed by atoms with Gasteiger partial charge in [-0.05, 0) is 63.6 Å². The summed E-state index contributed by atoms with van der Waals surface area (Å²) in [5.41, 5.74) is 0.491. The van der Waals surface area contributed by atoms with Gasteiger partial charge >= 0.3 is 0 Å². The van der Waals surface area contributed by atoms with E-state index in [9.17, 15) is 0 Å². The van der Waals surface area contributed by atoms with Crippen LogP contribution in [-0.2, 0) is 4.74 Å². The van der Waals surface area contributed by atoms with E-state index in [1.54, 1.807) is 0 Å². The van der Waals surface area contributed by atoms with Crippen molar-refractivity contribution in [2.75, 3.05) is 45.9 Å². The first-order valence-corrected chi connectivity index (χ1v) is 8.55. The minimum absolute atomic E-state index is 0.491. The van der Waals surface area contributed by atoms with Crippen molar-refractivity contribution in [3.8, 4) is 0 Å². The number of nitrogens with one attached hydrogen (secondary N) is 1. The van der Waals surface area contributed by atoms with Crippen LogP contribution in [0.1, 0.15) is 53.4 Å². The highest BCUT2D eigenvalue weighted by Crippen LogP contribution is 2.33. The Bertz CT molecular complexity index is 230. The minimum atomic E-state index is 0.491. The average molecular weight is 284 g/mol. The summed E-state index contributed by atoms with van der Waals surface area (Å²) in [6.45, 7) is 17.0. The number of unbranched alkanes of at least 4 members (excludes halogenated alkanes) is 1. The third-order valence-corrected chi connectivity index (χ3v) is 4.51. The van der Waals surface area contributed by atoms with Crippen LogP contribution < -0.4 is 5.32 Å². The van der Waals surface area contributed by atoms with Crippen molar-refractivity contribution in [2.45, 2.75) is 53.4 Å². The predicted octanol–water partition coefficient (Wildman–Crippen LogP) is 3.15. The van der Waals surface area contributed by atoms with Crippen molar-refractivity contribution < 1.29 is 4.74 Å². The van der Waals surface area contributed by atoms with Crippen LogP contribution in [0.4, 0.5) is 0 Å². The van der Waals surface area contributed by atoms with Crippen molar-refractivity contribution in [1.29, 1.82) is 0 Å².